The number of carbonyl (C=O) groups excluding carboxylic acids is 2. The highest BCUT2D eigenvalue weighted by Gasteiger charge is 2.49. The third-order valence-corrected chi connectivity index (χ3v) is 4.70. The van der Waals surface area contributed by atoms with Crippen LogP contribution in [0, 0.1) is 6.92 Å². The fourth-order valence-electron chi connectivity index (χ4n) is 3.21. The van der Waals surface area contributed by atoms with Gasteiger partial charge in [-0.25, -0.2) is 4.79 Å². The van der Waals surface area contributed by atoms with E-state index >= 15 is 0 Å². The van der Waals surface area contributed by atoms with Crippen molar-refractivity contribution in [1.29, 1.82) is 0 Å². The van der Waals surface area contributed by atoms with E-state index in [1.165, 1.54) is 31.4 Å². The van der Waals surface area contributed by atoms with Crippen LogP contribution in [-0.2, 0) is 16.9 Å². The molecule has 1 saturated heterocycles. The molecule has 3 rings (SSSR count). The molecule has 0 radical (unpaired) electrons. The molecule has 6 nitrogen and oxygen atoms in total. The predicted octanol–water partition coefficient (Wildman–Crippen LogP) is 3.57. The van der Waals surface area contributed by atoms with Gasteiger partial charge in [-0.15, -0.1) is 0 Å². The number of nitrogens with one attached hydrogen (secondary N) is 1. The Balaban J connectivity index is 1.85. The second-order valence-corrected chi connectivity index (χ2v) is 6.66. The Kier molecular flexibility index (Phi) is 5.22. The molecule has 1 atom stereocenters. The van der Waals surface area contributed by atoms with Crippen molar-refractivity contribution >= 4 is 11.9 Å². The number of urea groups is 1. The van der Waals surface area contributed by atoms with Gasteiger partial charge in [0.25, 0.3) is 5.91 Å². The van der Waals surface area contributed by atoms with Gasteiger partial charge in [0.05, 0.1) is 13.7 Å². The van der Waals surface area contributed by atoms with Gasteiger partial charge in [0.2, 0.25) is 0 Å². The average Bonchev–Trinajstić information content (AvgIpc) is 2.86. The summed E-state index contributed by atoms with van der Waals surface area (Å²) in [7, 11) is 1.52. The highest BCUT2D eigenvalue weighted by Crippen LogP contribution is 2.32. The summed E-state index contributed by atoms with van der Waals surface area (Å²) in [5.41, 5.74) is 0.833. The Labute approximate surface area is 161 Å². The zero-order chi connectivity index (χ0) is 20.5. The lowest BCUT2D eigenvalue weighted by Gasteiger charge is -2.23. The van der Waals surface area contributed by atoms with Crippen LogP contribution in [0.3, 0.4) is 0 Å². The predicted molar refractivity (Wildman–Crippen MR) is 97.2 cm³/mol. The standard InChI is InChI=1S/C20H20F2N2O4/c1-12-4-9-16(27-3)13(10-12)11-24-17(25)20(2,23-19(24)26)14-5-7-15(8-6-14)28-18(21)22/h4-10,18H,11H2,1-3H3,(H,23,26). The van der Waals surface area contributed by atoms with Gasteiger partial charge in [0, 0.05) is 5.56 Å². The molecule has 0 spiro atoms. The topological polar surface area (TPSA) is 67.9 Å². The third-order valence-electron chi connectivity index (χ3n) is 4.70. The number of alkyl halides is 2. The number of benzene rings is 2. The van der Waals surface area contributed by atoms with Crippen LogP contribution in [0.25, 0.3) is 0 Å². The van der Waals surface area contributed by atoms with Crippen LogP contribution >= 0.6 is 0 Å². The average molecular weight is 390 g/mol. The summed E-state index contributed by atoms with van der Waals surface area (Å²) in [6, 6.07) is 10.6. The molecule has 28 heavy (non-hydrogen) atoms. The fourth-order valence-corrected chi connectivity index (χ4v) is 3.21. The van der Waals surface area contributed by atoms with E-state index in [9.17, 15) is 18.4 Å². The van der Waals surface area contributed by atoms with E-state index in [-0.39, 0.29) is 12.3 Å². The monoisotopic (exact) mass is 390 g/mol. The summed E-state index contributed by atoms with van der Waals surface area (Å²) in [5.74, 6) is 0.109. The third kappa shape index (κ3) is 3.62. The van der Waals surface area contributed by atoms with Crippen LogP contribution < -0.4 is 14.8 Å². The number of nitrogens with zero attached hydrogens (tertiary/aromatic N) is 1. The summed E-state index contributed by atoms with van der Waals surface area (Å²) in [4.78, 5) is 26.7. The number of hydrogen-bond acceptors (Lipinski definition) is 4. The van der Waals surface area contributed by atoms with Crippen molar-refractivity contribution in [3.63, 3.8) is 0 Å². The minimum absolute atomic E-state index is 0.0273. The van der Waals surface area contributed by atoms with Gasteiger partial charge in [-0.2, -0.15) is 8.78 Å². The smallest absolute Gasteiger partial charge is 0.387 e. The normalized spacial score (nSPS) is 19.1. The molecule has 1 unspecified atom stereocenters. The number of imide groups is 1. The minimum atomic E-state index is -2.94. The lowest BCUT2D eigenvalue weighted by Crippen LogP contribution is -2.40. The summed E-state index contributed by atoms with van der Waals surface area (Å²) in [6.07, 6.45) is 0. The van der Waals surface area contributed by atoms with Crippen molar-refractivity contribution in [2.24, 2.45) is 0 Å². The van der Waals surface area contributed by atoms with E-state index in [1.54, 1.807) is 13.0 Å². The number of halogens is 2. The Morgan fingerprint density at radius 2 is 1.82 bits per heavy atom. The number of carbonyl (C=O) groups is 2. The van der Waals surface area contributed by atoms with E-state index in [4.69, 9.17) is 4.74 Å². The summed E-state index contributed by atoms with van der Waals surface area (Å²) >= 11 is 0. The molecule has 1 N–H and O–H groups in total. The molecule has 1 aliphatic rings. The first kappa shape index (κ1) is 19.6. The van der Waals surface area contributed by atoms with Crippen LogP contribution in [0.1, 0.15) is 23.6 Å². The number of amides is 3. The maximum absolute atomic E-state index is 13.0. The minimum Gasteiger partial charge on any atom is -0.496 e. The molecule has 0 aromatic heterocycles. The summed E-state index contributed by atoms with van der Waals surface area (Å²) in [6.45, 7) is 0.595. The van der Waals surface area contributed by atoms with Crippen molar-refractivity contribution in [2.75, 3.05) is 7.11 Å². The summed E-state index contributed by atoms with van der Waals surface area (Å²) in [5, 5.41) is 2.69. The Bertz CT molecular complexity index is 902. The molecule has 3 amide bonds. The van der Waals surface area contributed by atoms with Crippen LogP contribution in [0.15, 0.2) is 42.5 Å². The molecule has 148 valence electrons. The molecule has 1 aliphatic heterocycles. The van der Waals surface area contributed by atoms with E-state index in [1.807, 2.05) is 19.1 Å². The van der Waals surface area contributed by atoms with Crippen molar-refractivity contribution in [2.45, 2.75) is 32.5 Å². The molecule has 2 aromatic carbocycles. The van der Waals surface area contributed by atoms with Crippen molar-refractivity contribution in [3.8, 4) is 11.5 Å². The fraction of sp³-hybridized carbons (Fsp3) is 0.300. The molecule has 8 heteroatoms. The van der Waals surface area contributed by atoms with E-state index in [0.29, 0.717) is 16.9 Å². The van der Waals surface area contributed by atoms with E-state index in [0.717, 1.165) is 10.5 Å². The van der Waals surface area contributed by atoms with Gasteiger partial charge >= 0.3 is 12.6 Å². The van der Waals surface area contributed by atoms with E-state index in [2.05, 4.69) is 10.1 Å². The maximum Gasteiger partial charge on any atom is 0.387 e. The zero-order valence-corrected chi connectivity index (χ0v) is 15.7. The van der Waals surface area contributed by atoms with Gasteiger partial charge < -0.3 is 14.8 Å². The number of rotatable bonds is 6. The first-order valence-corrected chi connectivity index (χ1v) is 8.57. The van der Waals surface area contributed by atoms with Crippen LogP contribution in [0.5, 0.6) is 11.5 Å². The first-order chi connectivity index (χ1) is 13.2. The second kappa shape index (κ2) is 7.46. The van der Waals surface area contributed by atoms with Crippen LogP contribution in [0.2, 0.25) is 0 Å². The molecule has 0 aliphatic carbocycles. The van der Waals surface area contributed by atoms with Crippen molar-refractivity contribution in [3.05, 3.63) is 59.2 Å². The molecule has 1 fully saturated rings. The van der Waals surface area contributed by atoms with Gasteiger partial charge in [-0.1, -0.05) is 29.8 Å². The molecule has 2 aromatic rings. The number of aryl methyl sites for hydroxylation is 1. The van der Waals surface area contributed by atoms with Gasteiger partial charge in [-0.05, 0) is 37.6 Å². The Hall–Kier alpha value is -3.16. The maximum atomic E-state index is 13.0. The van der Waals surface area contributed by atoms with Crippen LogP contribution in [0.4, 0.5) is 13.6 Å². The Morgan fingerprint density at radius 3 is 2.43 bits per heavy atom. The highest BCUT2D eigenvalue weighted by molar-refractivity contribution is 6.07. The number of ether oxygens (including phenoxy) is 2. The van der Waals surface area contributed by atoms with Gasteiger partial charge in [-0.3, -0.25) is 9.69 Å². The zero-order valence-electron chi connectivity index (χ0n) is 15.7. The number of methoxy groups -OCH3 is 1. The largest absolute Gasteiger partial charge is 0.496 e. The summed E-state index contributed by atoms with van der Waals surface area (Å²) < 4.78 is 34.3. The quantitative estimate of drug-likeness (QED) is 0.766. The van der Waals surface area contributed by atoms with Gasteiger partial charge in [0.1, 0.15) is 17.0 Å². The van der Waals surface area contributed by atoms with Crippen LogP contribution in [-0.4, -0.2) is 30.6 Å². The van der Waals surface area contributed by atoms with Gasteiger partial charge in [0.15, 0.2) is 0 Å². The SMILES string of the molecule is COc1ccc(C)cc1CN1C(=O)NC(C)(c2ccc(OC(F)F)cc2)C1=O. The van der Waals surface area contributed by atoms with Crippen molar-refractivity contribution in [1.82, 2.24) is 10.2 Å². The molecular weight excluding hydrogens is 370 g/mol. The number of hydrogen-bond donors (Lipinski definition) is 1. The Morgan fingerprint density at radius 1 is 1.14 bits per heavy atom. The lowest BCUT2D eigenvalue weighted by atomic mass is 9.92. The molecule has 1 heterocycles. The highest BCUT2D eigenvalue weighted by atomic mass is 19.3. The first-order valence-electron chi connectivity index (χ1n) is 8.57. The van der Waals surface area contributed by atoms with Crippen molar-refractivity contribution < 1.29 is 27.8 Å². The lowest BCUT2D eigenvalue weighted by molar-refractivity contribution is -0.131. The molecular formula is C20H20F2N2O4. The van der Waals surface area contributed by atoms with E-state index < -0.39 is 24.1 Å². The molecule has 0 bridgehead atoms. The molecule has 0 saturated carbocycles. The second-order valence-electron chi connectivity index (χ2n) is 6.66.